The third kappa shape index (κ3) is 3.66. The summed E-state index contributed by atoms with van der Waals surface area (Å²) in [6.07, 6.45) is -8.74. The van der Waals surface area contributed by atoms with E-state index in [1.165, 1.54) is 4.57 Å². The maximum absolute atomic E-state index is 14.5. The molecule has 3 heterocycles. The maximum Gasteiger partial charge on any atom is 0.507 e. The van der Waals surface area contributed by atoms with Gasteiger partial charge in [0.25, 0.3) is 5.03 Å². The van der Waals surface area contributed by atoms with Crippen LogP contribution in [-0.2, 0) is 30.9 Å². The van der Waals surface area contributed by atoms with E-state index in [-0.39, 0.29) is 28.3 Å². The van der Waals surface area contributed by atoms with Crippen molar-refractivity contribution in [1.82, 2.24) is 19.1 Å². The Hall–Kier alpha value is -3.32. The number of benzene rings is 2. The highest BCUT2D eigenvalue weighted by Gasteiger charge is 2.66. The van der Waals surface area contributed by atoms with Crippen LogP contribution in [0.3, 0.4) is 0 Å². The lowest BCUT2D eigenvalue weighted by Gasteiger charge is -2.31. The van der Waals surface area contributed by atoms with E-state index in [2.05, 4.69) is 14.5 Å². The van der Waals surface area contributed by atoms with Gasteiger partial charge in [-0.25, -0.2) is 14.4 Å². The molecule has 0 spiro atoms. The first-order valence-electron chi connectivity index (χ1n) is 11.7. The van der Waals surface area contributed by atoms with Gasteiger partial charge in [0.15, 0.2) is 23.0 Å². The van der Waals surface area contributed by atoms with Crippen molar-refractivity contribution in [2.24, 2.45) is 14.1 Å². The normalized spacial score (nSPS) is 19.5. The van der Waals surface area contributed by atoms with E-state index in [4.69, 9.17) is 4.98 Å². The lowest BCUT2D eigenvalue weighted by Crippen LogP contribution is -2.52. The summed E-state index contributed by atoms with van der Waals surface area (Å²) in [6.45, 7) is 1.75. The van der Waals surface area contributed by atoms with Crippen molar-refractivity contribution in [3.8, 4) is 34.4 Å². The molecule has 0 N–H and O–H groups in total. The molecule has 13 heteroatoms. The third-order valence-corrected chi connectivity index (χ3v) is 8.27. The van der Waals surface area contributed by atoms with Crippen LogP contribution in [0.25, 0.3) is 33.9 Å². The molecule has 1 atom stereocenters. The van der Waals surface area contributed by atoms with Crippen molar-refractivity contribution < 1.29 is 36.0 Å². The summed E-state index contributed by atoms with van der Waals surface area (Å²) in [5, 5.41) is 0.365. The minimum absolute atomic E-state index is 0.160. The third-order valence-electron chi connectivity index (χ3n) is 6.84. The number of hydrogen-bond donors (Lipinski definition) is 0. The second kappa shape index (κ2) is 8.09. The Bertz CT molecular complexity index is 1580. The van der Waals surface area contributed by atoms with Crippen LogP contribution in [0.1, 0.15) is 25.3 Å². The SMILES string of the molecule is CC[S+]([O-])c1c(-c2nc3cc4c(cc3n2C)OC(F)(F)C(F)(F)O4)nc(-c2ccc(C3(F)CC3)cc2)n1C. The van der Waals surface area contributed by atoms with Crippen LogP contribution >= 0.6 is 0 Å². The molecule has 0 radical (unpaired) electrons. The minimum Gasteiger partial charge on any atom is -0.610 e. The van der Waals surface area contributed by atoms with Crippen molar-refractivity contribution in [2.45, 2.75) is 42.7 Å². The van der Waals surface area contributed by atoms with Crippen LogP contribution < -0.4 is 9.47 Å². The average Bonchev–Trinajstić information content (AvgIpc) is 3.42. The highest BCUT2D eigenvalue weighted by Crippen LogP contribution is 2.50. The highest BCUT2D eigenvalue weighted by atomic mass is 32.2. The van der Waals surface area contributed by atoms with Gasteiger partial charge in [0.2, 0.25) is 0 Å². The van der Waals surface area contributed by atoms with Gasteiger partial charge in [-0.15, -0.1) is 0 Å². The first kappa shape index (κ1) is 25.0. The fourth-order valence-corrected chi connectivity index (χ4v) is 5.59. The quantitative estimate of drug-likeness (QED) is 0.235. The molecular weight excluding hydrogens is 531 g/mol. The first-order chi connectivity index (χ1) is 17.8. The zero-order valence-corrected chi connectivity index (χ0v) is 21.2. The van der Waals surface area contributed by atoms with E-state index < -0.39 is 40.6 Å². The summed E-state index contributed by atoms with van der Waals surface area (Å²) in [5.74, 6) is -0.178. The molecule has 1 fully saturated rings. The molecule has 200 valence electrons. The Morgan fingerprint density at radius 3 is 2.08 bits per heavy atom. The number of halogens is 5. The van der Waals surface area contributed by atoms with Crippen molar-refractivity contribution in [3.63, 3.8) is 0 Å². The molecule has 1 aliphatic carbocycles. The van der Waals surface area contributed by atoms with Crippen molar-refractivity contribution in [3.05, 3.63) is 42.0 Å². The topological polar surface area (TPSA) is 77.2 Å². The summed E-state index contributed by atoms with van der Waals surface area (Å²) < 4.78 is 94.1. The van der Waals surface area contributed by atoms with E-state index in [0.717, 1.165) is 12.1 Å². The zero-order chi connectivity index (χ0) is 27.2. The van der Waals surface area contributed by atoms with E-state index >= 15 is 0 Å². The second-order valence-electron chi connectivity index (χ2n) is 9.34. The Morgan fingerprint density at radius 2 is 1.50 bits per heavy atom. The van der Waals surface area contributed by atoms with Crippen molar-refractivity contribution >= 4 is 22.2 Å². The van der Waals surface area contributed by atoms with Gasteiger partial charge >= 0.3 is 12.2 Å². The molecule has 1 unspecified atom stereocenters. The van der Waals surface area contributed by atoms with Gasteiger partial charge in [-0.05, 0) is 25.3 Å². The van der Waals surface area contributed by atoms with Crippen LogP contribution in [0.15, 0.2) is 41.4 Å². The number of fused-ring (bicyclic) bond motifs is 2. The van der Waals surface area contributed by atoms with Crippen LogP contribution in [0.2, 0.25) is 0 Å². The number of nitrogens with zero attached hydrogens (tertiary/aromatic N) is 4. The van der Waals surface area contributed by atoms with Crippen LogP contribution in [0, 0.1) is 0 Å². The van der Waals surface area contributed by atoms with E-state index in [1.54, 1.807) is 49.9 Å². The fraction of sp³-hybridized carbons (Fsp3) is 0.360. The predicted molar refractivity (Wildman–Crippen MR) is 128 cm³/mol. The summed E-state index contributed by atoms with van der Waals surface area (Å²) in [5.41, 5.74) is 0.687. The lowest BCUT2D eigenvalue weighted by atomic mass is 10.1. The molecule has 0 saturated heterocycles. The monoisotopic (exact) mass is 552 g/mol. The summed E-state index contributed by atoms with van der Waals surface area (Å²) in [6, 6.07) is 9.13. The molecule has 2 aromatic heterocycles. The standard InChI is InChI=1S/C25H21F5N4O3S/c1-4-38(35)22-19(32-20(34(22)3)13-5-7-14(8-6-13)23(26)9-10-23)21-31-15-11-17-18(12-16(15)33(21)2)37-25(29,30)24(27,28)36-17/h5-8,11-12H,4,9-10H2,1-3H3. The summed E-state index contributed by atoms with van der Waals surface area (Å²) in [4.78, 5) is 9.21. The van der Waals surface area contributed by atoms with Gasteiger partial charge in [-0.1, -0.05) is 24.3 Å². The molecule has 2 aromatic carbocycles. The molecule has 38 heavy (non-hydrogen) atoms. The Morgan fingerprint density at radius 1 is 0.895 bits per heavy atom. The van der Waals surface area contributed by atoms with Crippen LogP contribution in [0.5, 0.6) is 11.5 Å². The highest BCUT2D eigenvalue weighted by molar-refractivity contribution is 7.91. The molecule has 0 bridgehead atoms. The van der Waals surface area contributed by atoms with Crippen molar-refractivity contribution in [1.29, 1.82) is 0 Å². The Balaban J connectivity index is 1.48. The zero-order valence-electron chi connectivity index (χ0n) is 20.4. The molecule has 7 nitrogen and oxygen atoms in total. The molecule has 4 aromatic rings. The molecule has 0 amide bonds. The number of imidazole rings is 2. The number of rotatable bonds is 5. The van der Waals surface area contributed by atoms with Gasteiger partial charge in [0, 0.05) is 43.0 Å². The molecular formula is C25H21F5N4O3S. The maximum atomic E-state index is 14.5. The van der Waals surface area contributed by atoms with Gasteiger partial charge in [-0.2, -0.15) is 17.6 Å². The van der Waals surface area contributed by atoms with Gasteiger partial charge in [-0.3, -0.25) is 4.57 Å². The second-order valence-corrected chi connectivity index (χ2v) is 11.0. The summed E-state index contributed by atoms with van der Waals surface area (Å²) >= 11 is -1.49. The van der Waals surface area contributed by atoms with Gasteiger partial charge in [0.05, 0.1) is 11.0 Å². The van der Waals surface area contributed by atoms with Crippen LogP contribution in [-0.4, -0.2) is 41.6 Å². The smallest absolute Gasteiger partial charge is 0.507 e. The van der Waals surface area contributed by atoms with E-state index in [9.17, 15) is 26.5 Å². The summed E-state index contributed by atoms with van der Waals surface area (Å²) in [7, 11) is 3.29. The average molecular weight is 553 g/mol. The molecule has 1 aliphatic heterocycles. The minimum atomic E-state index is -4.86. The predicted octanol–water partition coefficient (Wildman–Crippen LogP) is 5.68. The van der Waals surface area contributed by atoms with E-state index in [1.807, 2.05) is 0 Å². The molecule has 2 aliphatic rings. The van der Waals surface area contributed by atoms with Crippen LogP contribution in [0.4, 0.5) is 22.0 Å². The number of alkyl halides is 5. The van der Waals surface area contributed by atoms with Gasteiger partial charge < -0.3 is 18.6 Å². The Kier molecular flexibility index (Phi) is 5.32. The van der Waals surface area contributed by atoms with Crippen molar-refractivity contribution in [2.75, 3.05) is 5.75 Å². The number of hydrogen-bond acceptors (Lipinski definition) is 5. The largest absolute Gasteiger partial charge is 0.610 e. The lowest BCUT2D eigenvalue weighted by molar-refractivity contribution is -0.391. The molecule has 1 saturated carbocycles. The Labute approximate surface area is 216 Å². The molecule has 6 rings (SSSR count). The fourth-order valence-electron chi connectivity index (χ4n) is 4.57. The number of aryl methyl sites for hydroxylation is 1. The number of ether oxygens (including phenoxy) is 2. The first-order valence-corrected chi connectivity index (χ1v) is 13.1. The number of aromatic nitrogens is 4. The van der Waals surface area contributed by atoms with E-state index in [0.29, 0.717) is 34.8 Å². The van der Waals surface area contributed by atoms with Gasteiger partial charge in [0.1, 0.15) is 17.2 Å².